The van der Waals surface area contributed by atoms with Crippen molar-refractivity contribution in [2.75, 3.05) is 6.61 Å². The van der Waals surface area contributed by atoms with E-state index in [9.17, 15) is 17.6 Å². The minimum absolute atomic E-state index is 0.207. The molecule has 1 aliphatic rings. The van der Waals surface area contributed by atoms with E-state index >= 15 is 0 Å². The van der Waals surface area contributed by atoms with Crippen LogP contribution in [0.25, 0.3) is 11.3 Å². The van der Waals surface area contributed by atoms with Gasteiger partial charge in [0.15, 0.2) is 0 Å². The minimum Gasteiger partial charge on any atom is -0.487 e. The zero-order chi connectivity index (χ0) is 21.6. The van der Waals surface area contributed by atoms with Crippen LogP contribution in [0.5, 0.6) is 5.75 Å². The third-order valence-electron chi connectivity index (χ3n) is 4.11. The third-order valence-corrected chi connectivity index (χ3v) is 4.53. The van der Waals surface area contributed by atoms with Crippen LogP contribution in [0.1, 0.15) is 31.4 Å². The lowest BCUT2D eigenvalue weighted by Gasteiger charge is -2.28. The van der Waals surface area contributed by atoms with Gasteiger partial charge in [-0.3, -0.25) is 0 Å². The molecule has 3 rings (SSSR count). The zero-order valence-corrected chi connectivity index (χ0v) is 16.9. The van der Waals surface area contributed by atoms with Crippen molar-refractivity contribution in [1.82, 2.24) is 5.32 Å². The molecule has 1 atom stereocenters. The smallest absolute Gasteiger partial charge is 0.272 e. The summed E-state index contributed by atoms with van der Waals surface area (Å²) in [5, 5.41) is 2.45. The lowest BCUT2D eigenvalue weighted by atomic mass is 9.91. The van der Waals surface area contributed by atoms with Crippen molar-refractivity contribution < 1.29 is 22.3 Å². The molecule has 0 bridgehead atoms. The summed E-state index contributed by atoms with van der Waals surface area (Å²) in [4.78, 5) is 0. The highest BCUT2D eigenvalue weighted by molar-refractivity contribution is 6.23. The van der Waals surface area contributed by atoms with E-state index in [2.05, 4.69) is 11.9 Å². The van der Waals surface area contributed by atoms with E-state index in [0.29, 0.717) is 17.7 Å². The fourth-order valence-electron chi connectivity index (χ4n) is 2.86. The van der Waals surface area contributed by atoms with Crippen LogP contribution >= 0.6 is 11.6 Å². The van der Waals surface area contributed by atoms with Crippen molar-refractivity contribution in [2.24, 2.45) is 0 Å². The maximum atomic E-state index is 14.7. The number of rotatable bonds is 5. The van der Waals surface area contributed by atoms with Crippen LogP contribution in [0, 0.1) is 11.6 Å². The van der Waals surface area contributed by atoms with Gasteiger partial charge in [-0.1, -0.05) is 50.8 Å². The monoisotopic (exact) mass is 427 g/mol. The summed E-state index contributed by atoms with van der Waals surface area (Å²) < 4.78 is 58.6. The van der Waals surface area contributed by atoms with E-state index in [1.54, 1.807) is 12.1 Å². The molecular formula is C22H22ClF4NO. The topological polar surface area (TPSA) is 21.3 Å². The quantitative estimate of drug-likeness (QED) is 0.427. The maximum absolute atomic E-state index is 14.7. The van der Waals surface area contributed by atoms with Gasteiger partial charge in [-0.2, -0.15) is 0 Å². The fourth-order valence-corrected chi connectivity index (χ4v) is 3.07. The minimum atomic E-state index is -2.74. The van der Waals surface area contributed by atoms with Gasteiger partial charge < -0.3 is 10.1 Å². The summed E-state index contributed by atoms with van der Waals surface area (Å²) in [6, 6.07) is 10.8. The summed E-state index contributed by atoms with van der Waals surface area (Å²) in [5.74, 6) is -2.17. The Bertz CT molecular complexity index is 861. The first kappa shape index (κ1) is 22.8. The van der Waals surface area contributed by atoms with Crippen LogP contribution in [-0.4, -0.2) is 18.4 Å². The number of nitrogens with one attached hydrogen (secondary N) is 1. The van der Waals surface area contributed by atoms with Gasteiger partial charge in [0.05, 0.1) is 16.6 Å². The molecular weight excluding hydrogens is 406 g/mol. The predicted octanol–water partition coefficient (Wildman–Crippen LogP) is 6.62. The van der Waals surface area contributed by atoms with Gasteiger partial charge in [-0.05, 0) is 17.6 Å². The van der Waals surface area contributed by atoms with Gasteiger partial charge >= 0.3 is 0 Å². The summed E-state index contributed by atoms with van der Waals surface area (Å²) in [5.41, 5.74) is 1.70. The number of allylic oxidation sites excluding steroid dienone is 2. The molecule has 0 aliphatic carbocycles. The van der Waals surface area contributed by atoms with Crippen molar-refractivity contribution in [3.8, 4) is 5.75 Å². The van der Waals surface area contributed by atoms with Gasteiger partial charge in [-0.25, -0.2) is 17.6 Å². The molecule has 0 aromatic heterocycles. The molecule has 156 valence electrons. The molecule has 7 heteroatoms. The van der Waals surface area contributed by atoms with E-state index in [1.165, 1.54) is 0 Å². The highest BCUT2D eigenvalue weighted by Crippen LogP contribution is 2.38. The molecule has 1 heterocycles. The molecule has 0 saturated heterocycles. The lowest BCUT2D eigenvalue weighted by Crippen LogP contribution is -2.26. The molecule has 29 heavy (non-hydrogen) atoms. The summed E-state index contributed by atoms with van der Waals surface area (Å²) in [6.07, 6.45) is -2.41. The highest BCUT2D eigenvalue weighted by atomic mass is 35.5. The molecule has 0 radical (unpaired) electrons. The van der Waals surface area contributed by atoms with E-state index in [4.69, 9.17) is 16.3 Å². The Hall–Kier alpha value is -2.47. The maximum Gasteiger partial charge on any atom is 0.272 e. The second-order valence-electron chi connectivity index (χ2n) is 6.01. The molecule has 1 unspecified atom stereocenters. The van der Waals surface area contributed by atoms with Crippen LogP contribution in [-0.2, 0) is 0 Å². The number of benzene rings is 2. The van der Waals surface area contributed by atoms with E-state index in [0.717, 1.165) is 17.7 Å². The number of hydrogen-bond donors (Lipinski definition) is 1. The number of hydrogen-bond acceptors (Lipinski definition) is 2. The SMILES string of the molecule is C=C1NC(c2c(F)cc(OCC(F)F)cc2F)=C(c2ccccc2)CC1Cl.CC. The van der Waals surface area contributed by atoms with E-state index in [1.807, 2.05) is 32.0 Å². The van der Waals surface area contributed by atoms with E-state index < -0.39 is 30.0 Å². The van der Waals surface area contributed by atoms with Crippen molar-refractivity contribution in [3.63, 3.8) is 0 Å². The fraction of sp³-hybridized carbons (Fsp3) is 0.273. The molecule has 2 nitrogen and oxygen atoms in total. The lowest BCUT2D eigenvalue weighted by molar-refractivity contribution is 0.0815. The Kier molecular flexibility index (Phi) is 8.14. The number of ether oxygens (including phenoxy) is 1. The van der Waals surface area contributed by atoms with Gasteiger partial charge in [0, 0.05) is 17.8 Å². The number of halogens is 5. The second-order valence-corrected chi connectivity index (χ2v) is 6.53. The Labute approximate surface area is 172 Å². The molecule has 0 amide bonds. The average Bonchev–Trinajstić information content (AvgIpc) is 2.70. The van der Waals surface area contributed by atoms with Gasteiger partial charge in [-0.15, -0.1) is 11.6 Å². The van der Waals surface area contributed by atoms with Crippen LogP contribution in [0.4, 0.5) is 17.6 Å². The van der Waals surface area contributed by atoms with Gasteiger partial charge in [0.1, 0.15) is 24.0 Å². The first-order valence-electron chi connectivity index (χ1n) is 9.15. The van der Waals surface area contributed by atoms with Crippen LogP contribution in [0.2, 0.25) is 0 Å². The Morgan fingerprint density at radius 3 is 2.28 bits per heavy atom. The highest BCUT2D eigenvalue weighted by Gasteiger charge is 2.28. The predicted molar refractivity (Wildman–Crippen MR) is 109 cm³/mol. The molecule has 2 aromatic rings. The van der Waals surface area contributed by atoms with Crippen molar-refractivity contribution in [1.29, 1.82) is 0 Å². The van der Waals surface area contributed by atoms with E-state index in [-0.39, 0.29) is 17.0 Å². The molecule has 0 fully saturated rings. The number of alkyl halides is 3. The van der Waals surface area contributed by atoms with Gasteiger partial charge in [0.2, 0.25) is 0 Å². The molecule has 0 spiro atoms. The summed E-state index contributed by atoms with van der Waals surface area (Å²) in [7, 11) is 0. The van der Waals surface area contributed by atoms with Crippen LogP contribution in [0.15, 0.2) is 54.7 Å². The van der Waals surface area contributed by atoms with Crippen molar-refractivity contribution >= 4 is 22.9 Å². The van der Waals surface area contributed by atoms with Gasteiger partial charge in [0.25, 0.3) is 6.43 Å². The largest absolute Gasteiger partial charge is 0.487 e. The van der Waals surface area contributed by atoms with Crippen LogP contribution in [0.3, 0.4) is 0 Å². The standard InChI is InChI=1S/C20H16ClF4NO.C2H6/c1-11-15(21)9-14(12-5-3-2-4-6-12)20(26-11)19-16(22)7-13(8-17(19)23)27-10-18(24)25;1-2/h2-8,15,18,26H,1,9-10H2;1-2H3. The summed E-state index contributed by atoms with van der Waals surface area (Å²) in [6.45, 7) is 6.85. The molecule has 1 aliphatic heterocycles. The average molecular weight is 428 g/mol. The van der Waals surface area contributed by atoms with Crippen molar-refractivity contribution in [3.05, 3.63) is 77.5 Å². The first-order valence-corrected chi connectivity index (χ1v) is 9.59. The first-order chi connectivity index (χ1) is 13.9. The third kappa shape index (κ3) is 5.54. The molecule has 1 N–H and O–H groups in total. The molecule has 0 saturated carbocycles. The molecule has 2 aromatic carbocycles. The Morgan fingerprint density at radius 2 is 1.72 bits per heavy atom. The summed E-state index contributed by atoms with van der Waals surface area (Å²) >= 11 is 6.27. The van der Waals surface area contributed by atoms with Crippen molar-refractivity contribution in [2.45, 2.75) is 32.1 Å². The Morgan fingerprint density at radius 1 is 1.14 bits per heavy atom. The normalized spacial score (nSPS) is 16.3. The second kappa shape index (κ2) is 10.3. The Balaban J connectivity index is 0.00000145. The van der Waals surface area contributed by atoms with Crippen LogP contribution < -0.4 is 10.1 Å². The zero-order valence-electron chi connectivity index (χ0n) is 16.1.